The molecule has 1 unspecified atom stereocenters. The number of hydrogen-bond donors (Lipinski definition) is 2. The highest BCUT2D eigenvalue weighted by Gasteiger charge is 2.39. The van der Waals surface area contributed by atoms with Crippen molar-refractivity contribution in [1.82, 2.24) is 5.32 Å². The number of hydrogen-bond acceptors (Lipinski definition) is 4. The minimum atomic E-state index is -0.507. The van der Waals surface area contributed by atoms with E-state index in [9.17, 15) is 5.11 Å². The number of aliphatic hydroxyl groups is 1. The van der Waals surface area contributed by atoms with Crippen LogP contribution in [0.2, 0.25) is 0 Å². The molecule has 0 radical (unpaired) electrons. The average molecular weight is 279 g/mol. The second kappa shape index (κ2) is 6.95. The Morgan fingerprint density at radius 2 is 2.00 bits per heavy atom. The van der Waals surface area contributed by atoms with Crippen molar-refractivity contribution in [3.05, 3.63) is 24.3 Å². The summed E-state index contributed by atoms with van der Waals surface area (Å²) in [5.74, 6) is 1.36. The van der Waals surface area contributed by atoms with Crippen molar-refractivity contribution in [2.45, 2.75) is 32.3 Å². The Bertz CT molecular complexity index is 418. The Kier molecular flexibility index (Phi) is 5.26. The maximum Gasteiger partial charge on any atom is 0.161 e. The summed E-state index contributed by atoms with van der Waals surface area (Å²) < 4.78 is 10.8. The van der Waals surface area contributed by atoms with Gasteiger partial charge >= 0.3 is 0 Å². The SMILES string of the molecule is CCC1(CNCC(O)COc2ccccc2OC)CC1. The van der Waals surface area contributed by atoms with E-state index < -0.39 is 6.10 Å². The molecule has 0 heterocycles. The largest absolute Gasteiger partial charge is 0.493 e. The van der Waals surface area contributed by atoms with Crippen molar-refractivity contribution in [2.24, 2.45) is 5.41 Å². The Labute approximate surface area is 121 Å². The fourth-order valence-electron chi connectivity index (χ4n) is 2.32. The summed E-state index contributed by atoms with van der Waals surface area (Å²) in [6.07, 6.45) is 3.33. The lowest BCUT2D eigenvalue weighted by Gasteiger charge is -2.17. The van der Waals surface area contributed by atoms with Gasteiger partial charge in [-0.3, -0.25) is 0 Å². The molecule has 2 N–H and O–H groups in total. The Morgan fingerprint density at radius 1 is 1.30 bits per heavy atom. The molecule has 20 heavy (non-hydrogen) atoms. The predicted molar refractivity (Wildman–Crippen MR) is 79.3 cm³/mol. The summed E-state index contributed by atoms with van der Waals surface area (Å²) in [7, 11) is 1.61. The summed E-state index contributed by atoms with van der Waals surface area (Å²) >= 11 is 0. The molecule has 4 nitrogen and oxygen atoms in total. The second-order valence-electron chi connectivity index (χ2n) is 5.60. The first-order chi connectivity index (χ1) is 9.69. The first kappa shape index (κ1) is 15.1. The number of ether oxygens (including phenoxy) is 2. The van der Waals surface area contributed by atoms with Crippen LogP contribution in [0, 0.1) is 5.41 Å². The van der Waals surface area contributed by atoms with Gasteiger partial charge in [0.2, 0.25) is 0 Å². The quantitative estimate of drug-likeness (QED) is 0.728. The second-order valence-corrected chi connectivity index (χ2v) is 5.60. The van der Waals surface area contributed by atoms with Crippen LogP contribution >= 0.6 is 0 Å². The lowest BCUT2D eigenvalue weighted by molar-refractivity contribution is 0.103. The van der Waals surface area contributed by atoms with Crippen LogP contribution in [-0.4, -0.2) is 38.0 Å². The van der Waals surface area contributed by atoms with Crippen LogP contribution in [0.5, 0.6) is 11.5 Å². The molecule has 0 bridgehead atoms. The molecule has 0 aliphatic heterocycles. The average Bonchev–Trinajstić information content (AvgIpc) is 3.26. The van der Waals surface area contributed by atoms with Crippen molar-refractivity contribution in [2.75, 3.05) is 26.8 Å². The van der Waals surface area contributed by atoms with Gasteiger partial charge in [0.1, 0.15) is 12.7 Å². The molecule has 0 spiro atoms. The minimum Gasteiger partial charge on any atom is -0.493 e. The van der Waals surface area contributed by atoms with Gasteiger partial charge in [-0.1, -0.05) is 19.1 Å². The molecule has 1 aromatic carbocycles. The molecule has 1 aliphatic rings. The molecule has 112 valence electrons. The zero-order valence-corrected chi connectivity index (χ0v) is 12.4. The van der Waals surface area contributed by atoms with Gasteiger partial charge in [0, 0.05) is 13.1 Å². The van der Waals surface area contributed by atoms with Crippen molar-refractivity contribution in [3.8, 4) is 11.5 Å². The van der Waals surface area contributed by atoms with Crippen molar-refractivity contribution in [3.63, 3.8) is 0 Å². The highest BCUT2D eigenvalue weighted by molar-refractivity contribution is 5.39. The third-order valence-corrected chi connectivity index (χ3v) is 4.09. The maximum absolute atomic E-state index is 9.94. The smallest absolute Gasteiger partial charge is 0.161 e. The molecule has 1 saturated carbocycles. The number of nitrogens with one attached hydrogen (secondary N) is 1. The van der Waals surface area contributed by atoms with E-state index in [4.69, 9.17) is 9.47 Å². The van der Waals surface area contributed by atoms with Gasteiger partial charge in [-0.25, -0.2) is 0 Å². The molecule has 0 aromatic heterocycles. The fourth-order valence-corrected chi connectivity index (χ4v) is 2.32. The first-order valence-electron chi connectivity index (χ1n) is 7.34. The predicted octanol–water partition coefficient (Wildman–Crippen LogP) is 2.21. The van der Waals surface area contributed by atoms with E-state index in [0.29, 0.717) is 23.5 Å². The Morgan fingerprint density at radius 3 is 2.60 bits per heavy atom. The highest BCUT2D eigenvalue weighted by atomic mass is 16.5. The molecular weight excluding hydrogens is 254 g/mol. The van der Waals surface area contributed by atoms with Gasteiger partial charge in [0.05, 0.1) is 7.11 Å². The number of rotatable bonds is 9. The molecule has 1 fully saturated rings. The lowest BCUT2D eigenvalue weighted by atomic mass is 10.0. The molecule has 0 amide bonds. The molecular formula is C16H25NO3. The molecule has 1 aliphatic carbocycles. The van der Waals surface area contributed by atoms with Gasteiger partial charge in [-0.15, -0.1) is 0 Å². The van der Waals surface area contributed by atoms with Crippen LogP contribution in [0.4, 0.5) is 0 Å². The number of benzene rings is 1. The van der Waals surface area contributed by atoms with Crippen LogP contribution in [-0.2, 0) is 0 Å². The zero-order valence-electron chi connectivity index (χ0n) is 12.4. The van der Waals surface area contributed by atoms with E-state index >= 15 is 0 Å². The standard InChI is InChI=1S/C16H25NO3/c1-3-16(8-9-16)12-17-10-13(18)11-20-15-7-5-4-6-14(15)19-2/h4-7,13,17-18H,3,8-12H2,1-2H3. The van der Waals surface area contributed by atoms with Crippen LogP contribution in [0.1, 0.15) is 26.2 Å². The van der Waals surface area contributed by atoms with Crippen LogP contribution in [0.3, 0.4) is 0 Å². The van der Waals surface area contributed by atoms with E-state index in [1.54, 1.807) is 7.11 Å². The van der Waals surface area contributed by atoms with Crippen molar-refractivity contribution >= 4 is 0 Å². The third kappa shape index (κ3) is 4.12. The highest BCUT2D eigenvalue weighted by Crippen LogP contribution is 2.47. The maximum atomic E-state index is 9.94. The number of methoxy groups -OCH3 is 1. The minimum absolute atomic E-state index is 0.270. The van der Waals surface area contributed by atoms with Crippen molar-refractivity contribution < 1.29 is 14.6 Å². The zero-order chi connectivity index (χ0) is 14.4. The Balaban J connectivity index is 1.68. The fraction of sp³-hybridized carbons (Fsp3) is 0.625. The van der Waals surface area contributed by atoms with Crippen LogP contribution in [0.25, 0.3) is 0 Å². The van der Waals surface area contributed by atoms with E-state index in [0.717, 1.165) is 6.54 Å². The summed E-state index contributed by atoms with van der Waals surface area (Å²) in [5, 5.41) is 13.3. The van der Waals surface area contributed by atoms with Gasteiger partial charge in [0.25, 0.3) is 0 Å². The van der Waals surface area contributed by atoms with Crippen molar-refractivity contribution in [1.29, 1.82) is 0 Å². The van der Waals surface area contributed by atoms with E-state index in [-0.39, 0.29) is 6.61 Å². The monoisotopic (exact) mass is 279 g/mol. The lowest BCUT2D eigenvalue weighted by Crippen LogP contribution is -2.34. The number of aliphatic hydroxyl groups excluding tert-OH is 1. The van der Waals surface area contributed by atoms with E-state index in [1.165, 1.54) is 19.3 Å². The summed E-state index contributed by atoms with van der Waals surface area (Å²) in [6.45, 7) is 4.06. The van der Waals surface area contributed by atoms with Crippen LogP contribution < -0.4 is 14.8 Å². The number of para-hydroxylation sites is 2. The van der Waals surface area contributed by atoms with E-state index in [2.05, 4.69) is 12.2 Å². The van der Waals surface area contributed by atoms with Gasteiger partial charge in [-0.05, 0) is 36.8 Å². The summed E-state index contributed by atoms with van der Waals surface area (Å²) in [4.78, 5) is 0. The van der Waals surface area contributed by atoms with Gasteiger partial charge in [-0.2, -0.15) is 0 Å². The molecule has 0 saturated heterocycles. The Hall–Kier alpha value is -1.26. The molecule has 1 atom stereocenters. The summed E-state index contributed by atoms with van der Waals surface area (Å²) in [5.41, 5.74) is 0.503. The first-order valence-corrected chi connectivity index (χ1v) is 7.34. The van der Waals surface area contributed by atoms with Crippen LogP contribution in [0.15, 0.2) is 24.3 Å². The molecule has 4 heteroatoms. The normalized spacial score (nSPS) is 17.6. The van der Waals surface area contributed by atoms with E-state index in [1.807, 2.05) is 24.3 Å². The summed E-state index contributed by atoms with van der Waals surface area (Å²) in [6, 6.07) is 7.47. The van der Waals surface area contributed by atoms with Gasteiger partial charge < -0.3 is 19.9 Å². The molecule has 2 rings (SSSR count). The third-order valence-electron chi connectivity index (χ3n) is 4.09. The van der Waals surface area contributed by atoms with Gasteiger partial charge in [0.15, 0.2) is 11.5 Å². The molecule has 1 aromatic rings. The topological polar surface area (TPSA) is 50.7 Å².